The maximum atomic E-state index is 12.5. The lowest BCUT2D eigenvalue weighted by atomic mass is 10.1. The molecule has 1 heterocycles. The van der Waals surface area contributed by atoms with Gasteiger partial charge in [0.2, 0.25) is 0 Å². The molecule has 2 aromatic carbocycles. The molecule has 1 aliphatic heterocycles. The van der Waals surface area contributed by atoms with E-state index < -0.39 is 6.03 Å². The molecule has 1 aliphatic rings. The van der Waals surface area contributed by atoms with Crippen LogP contribution in [0.15, 0.2) is 42.5 Å². The molecule has 0 bridgehead atoms. The number of urea groups is 1. The first-order chi connectivity index (χ1) is 13.4. The first-order valence-electron chi connectivity index (χ1n) is 9.07. The Hall–Kier alpha value is -3.35. The number of methoxy groups -OCH3 is 1. The number of nitrogens with zero attached hydrogens (tertiary/aromatic N) is 1. The molecule has 7 nitrogen and oxygen atoms in total. The fourth-order valence-electron chi connectivity index (χ4n) is 3.04. The summed E-state index contributed by atoms with van der Waals surface area (Å²) in [4.78, 5) is 38.3. The van der Waals surface area contributed by atoms with E-state index in [0.29, 0.717) is 35.7 Å². The van der Waals surface area contributed by atoms with Gasteiger partial charge in [0, 0.05) is 18.8 Å². The maximum Gasteiger partial charge on any atom is 0.319 e. The molecule has 0 saturated carbocycles. The first-order valence-corrected chi connectivity index (χ1v) is 9.07. The molecule has 146 valence electrons. The average molecular weight is 381 g/mol. The van der Waals surface area contributed by atoms with Gasteiger partial charge in [-0.3, -0.25) is 14.5 Å². The van der Waals surface area contributed by atoms with E-state index in [1.165, 1.54) is 4.90 Å². The van der Waals surface area contributed by atoms with Crippen LogP contribution in [0.3, 0.4) is 0 Å². The van der Waals surface area contributed by atoms with Crippen LogP contribution < -0.4 is 15.4 Å². The van der Waals surface area contributed by atoms with E-state index in [1.807, 2.05) is 38.1 Å². The molecule has 0 saturated heterocycles. The fourth-order valence-corrected chi connectivity index (χ4v) is 3.04. The summed E-state index contributed by atoms with van der Waals surface area (Å²) in [5, 5.41) is 5.45. The number of hydrogen-bond donors (Lipinski definition) is 2. The third-order valence-corrected chi connectivity index (χ3v) is 4.36. The molecule has 3 rings (SSSR count). The SMILES string of the molecule is COc1cccc(CNC(=O)Nc2ccc3c(c2)C(=O)N(CC(C)C)C3=O)c1. The Bertz CT molecular complexity index is 924. The van der Waals surface area contributed by atoms with Gasteiger partial charge in [-0.25, -0.2) is 4.79 Å². The van der Waals surface area contributed by atoms with Crippen molar-refractivity contribution in [2.24, 2.45) is 5.92 Å². The Balaban J connectivity index is 1.64. The summed E-state index contributed by atoms with van der Waals surface area (Å²) in [7, 11) is 1.58. The van der Waals surface area contributed by atoms with Crippen LogP contribution in [-0.4, -0.2) is 36.4 Å². The number of carbonyl (C=O) groups is 3. The summed E-state index contributed by atoms with van der Waals surface area (Å²) in [6.07, 6.45) is 0. The number of imide groups is 1. The van der Waals surface area contributed by atoms with Gasteiger partial charge in [-0.05, 0) is 41.8 Å². The van der Waals surface area contributed by atoms with E-state index in [9.17, 15) is 14.4 Å². The van der Waals surface area contributed by atoms with E-state index in [0.717, 1.165) is 5.56 Å². The molecule has 2 aromatic rings. The van der Waals surface area contributed by atoms with Gasteiger partial charge in [-0.2, -0.15) is 0 Å². The molecule has 0 unspecified atom stereocenters. The van der Waals surface area contributed by atoms with Crippen molar-refractivity contribution in [3.63, 3.8) is 0 Å². The lowest BCUT2D eigenvalue weighted by Crippen LogP contribution is -2.33. The zero-order chi connectivity index (χ0) is 20.3. The van der Waals surface area contributed by atoms with Crippen LogP contribution in [0.4, 0.5) is 10.5 Å². The Kier molecular flexibility index (Phi) is 5.63. The average Bonchev–Trinajstić information content (AvgIpc) is 2.91. The van der Waals surface area contributed by atoms with Gasteiger partial charge < -0.3 is 15.4 Å². The minimum atomic E-state index is -0.404. The smallest absolute Gasteiger partial charge is 0.319 e. The van der Waals surface area contributed by atoms with Crippen molar-refractivity contribution in [3.05, 3.63) is 59.2 Å². The summed E-state index contributed by atoms with van der Waals surface area (Å²) >= 11 is 0. The molecule has 0 aliphatic carbocycles. The molecule has 0 atom stereocenters. The number of benzene rings is 2. The van der Waals surface area contributed by atoms with Gasteiger partial charge in [0.05, 0.1) is 18.2 Å². The van der Waals surface area contributed by atoms with Crippen molar-refractivity contribution in [1.29, 1.82) is 0 Å². The van der Waals surface area contributed by atoms with Crippen LogP contribution in [0, 0.1) is 5.92 Å². The van der Waals surface area contributed by atoms with Gasteiger partial charge in [0.15, 0.2) is 0 Å². The number of hydrogen-bond acceptors (Lipinski definition) is 4. The molecule has 0 spiro atoms. The summed E-state index contributed by atoms with van der Waals surface area (Å²) in [5.74, 6) is 0.284. The number of carbonyl (C=O) groups excluding carboxylic acids is 3. The molecule has 2 N–H and O–H groups in total. The maximum absolute atomic E-state index is 12.5. The van der Waals surface area contributed by atoms with Crippen LogP contribution in [0.25, 0.3) is 0 Å². The van der Waals surface area contributed by atoms with Crippen molar-refractivity contribution in [2.45, 2.75) is 20.4 Å². The number of amides is 4. The van der Waals surface area contributed by atoms with Gasteiger partial charge >= 0.3 is 6.03 Å². The summed E-state index contributed by atoms with van der Waals surface area (Å²) in [6, 6.07) is 11.7. The van der Waals surface area contributed by atoms with Crippen molar-refractivity contribution >= 4 is 23.5 Å². The van der Waals surface area contributed by atoms with Crippen LogP contribution >= 0.6 is 0 Å². The first kappa shape index (κ1) is 19.4. The zero-order valence-electron chi connectivity index (χ0n) is 16.1. The van der Waals surface area contributed by atoms with Crippen LogP contribution in [0.2, 0.25) is 0 Å². The molecule has 0 fully saturated rings. The number of ether oxygens (including phenoxy) is 1. The monoisotopic (exact) mass is 381 g/mol. The van der Waals surface area contributed by atoms with E-state index >= 15 is 0 Å². The third kappa shape index (κ3) is 4.14. The van der Waals surface area contributed by atoms with Crippen molar-refractivity contribution < 1.29 is 19.1 Å². The second kappa shape index (κ2) is 8.12. The van der Waals surface area contributed by atoms with Crippen LogP contribution in [0.5, 0.6) is 5.75 Å². The lowest BCUT2D eigenvalue weighted by molar-refractivity contribution is 0.0636. The van der Waals surface area contributed by atoms with Crippen molar-refractivity contribution in [1.82, 2.24) is 10.2 Å². The van der Waals surface area contributed by atoms with Crippen molar-refractivity contribution in [3.8, 4) is 5.75 Å². The number of nitrogens with one attached hydrogen (secondary N) is 2. The van der Waals surface area contributed by atoms with E-state index in [1.54, 1.807) is 25.3 Å². The Morgan fingerprint density at radius 1 is 1.07 bits per heavy atom. The number of rotatable bonds is 6. The van der Waals surface area contributed by atoms with Crippen LogP contribution in [-0.2, 0) is 6.54 Å². The summed E-state index contributed by atoms with van der Waals surface area (Å²) < 4.78 is 5.16. The molecule has 28 heavy (non-hydrogen) atoms. The van der Waals surface area contributed by atoms with Crippen LogP contribution in [0.1, 0.15) is 40.1 Å². The number of anilines is 1. The van der Waals surface area contributed by atoms with E-state index in [2.05, 4.69) is 10.6 Å². The topological polar surface area (TPSA) is 87.7 Å². The van der Waals surface area contributed by atoms with E-state index in [4.69, 9.17) is 4.74 Å². The molecular formula is C21H23N3O4. The largest absolute Gasteiger partial charge is 0.497 e. The summed E-state index contributed by atoms with van der Waals surface area (Å²) in [6.45, 7) is 4.59. The minimum Gasteiger partial charge on any atom is -0.497 e. The van der Waals surface area contributed by atoms with Gasteiger partial charge in [-0.15, -0.1) is 0 Å². The normalized spacial score (nSPS) is 12.9. The standard InChI is InChI=1S/C21H23N3O4/c1-13(2)12-24-19(25)17-8-7-15(10-18(17)20(24)26)23-21(27)22-11-14-5-4-6-16(9-14)28-3/h4-10,13H,11-12H2,1-3H3,(H2,22,23,27). The fraction of sp³-hybridized carbons (Fsp3) is 0.286. The molecular weight excluding hydrogens is 358 g/mol. The Labute approximate surface area is 163 Å². The van der Waals surface area contributed by atoms with Gasteiger partial charge in [0.1, 0.15) is 5.75 Å². The highest BCUT2D eigenvalue weighted by molar-refractivity contribution is 6.21. The Morgan fingerprint density at radius 2 is 1.82 bits per heavy atom. The van der Waals surface area contributed by atoms with Crippen molar-refractivity contribution in [2.75, 3.05) is 19.0 Å². The zero-order valence-corrected chi connectivity index (χ0v) is 16.1. The highest BCUT2D eigenvalue weighted by Crippen LogP contribution is 2.26. The highest BCUT2D eigenvalue weighted by atomic mass is 16.5. The second-order valence-corrected chi connectivity index (χ2v) is 7.03. The van der Waals surface area contributed by atoms with E-state index in [-0.39, 0.29) is 17.7 Å². The number of fused-ring (bicyclic) bond motifs is 1. The second-order valence-electron chi connectivity index (χ2n) is 7.03. The quantitative estimate of drug-likeness (QED) is 0.752. The predicted molar refractivity (Wildman–Crippen MR) is 105 cm³/mol. The molecule has 0 aromatic heterocycles. The Morgan fingerprint density at radius 3 is 2.54 bits per heavy atom. The minimum absolute atomic E-state index is 0.183. The molecule has 7 heteroatoms. The lowest BCUT2D eigenvalue weighted by Gasteiger charge is -2.15. The van der Waals surface area contributed by atoms with Gasteiger partial charge in [-0.1, -0.05) is 26.0 Å². The summed E-state index contributed by atoms with van der Waals surface area (Å²) in [5.41, 5.74) is 2.03. The molecule has 0 radical (unpaired) electrons. The third-order valence-electron chi connectivity index (χ3n) is 4.36. The molecule has 4 amide bonds. The predicted octanol–water partition coefficient (Wildman–Crippen LogP) is 3.27. The highest BCUT2D eigenvalue weighted by Gasteiger charge is 2.35. The van der Waals surface area contributed by atoms with Gasteiger partial charge in [0.25, 0.3) is 11.8 Å².